The Kier molecular flexibility index (Phi) is 5.57. The molecule has 0 heterocycles. The summed E-state index contributed by atoms with van der Waals surface area (Å²) in [5, 5.41) is 2.52. The Morgan fingerprint density at radius 1 is 1.04 bits per heavy atom. The van der Waals surface area contributed by atoms with Gasteiger partial charge >= 0.3 is 0 Å². The average Bonchev–Trinajstić information content (AvgIpc) is 2.61. The lowest BCUT2D eigenvalue weighted by Gasteiger charge is -2.10. The quantitative estimate of drug-likeness (QED) is 0.794. The molecule has 0 aromatic heterocycles. The number of ether oxygens (including phenoxy) is 2. The van der Waals surface area contributed by atoms with Crippen molar-refractivity contribution in [2.45, 2.75) is 0 Å². The van der Waals surface area contributed by atoms with Gasteiger partial charge < -0.3 is 20.5 Å². The van der Waals surface area contributed by atoms with Crippen LogP contribution in [0.4, 0.5) is 0 Å². The van der Waals surface area contributed by atoms with Crippen LogP contribution in [-0.2, 0) is 4.79 Å². The third-order valence-corrected chi connectivity index (χ3v) is 3.29. The van der Waals surface area contributed by atoms with Gasteiger partial charge in [0, 0.05) is 17.2 Å². The third-order valence-electron chi connectivity index (χ3n) is 3.29. The van der Waals surface area contributed by atoms with Crippen molar-refractivity contribution < 1.29 is 19.1 Å². The summed E-state index contributed by atoms with van der Waals surface area (Å²) in [5.74, 6) is -0.0784. The predicted molar refractivity (Wildman–Crippen MR) is 90.6 cm³/mol. The molecule has 0 radical (unpaired) electrons. The lowest BCUT2D eigenvalue weighted by Crippen LogP contribution is -2.31. The fourth-order valence-corrected chi connectivity index (χ4v) is 2.05. The van der Waals surface area contributed by atoms with Crippen molar-refractivity contribution in [1.82, 2.24) is 5.32 Å². The molecule has 0 saturated carbocycles. The van der Waals surface area contributed by atoms with Crippen LogP contribution in [0.5, 0.6) is 11.5 Å². The zero-order chi connectivity index (χ0) is 17.5. The van der Waals surface area contributed by atoms with Gasteiger partial charge in [-0.1, -0.05) is 18.2 Å². The van der Waals surface area contributed by atoms with Crippen LogP contribution < -0.4 is 20.5 Å². The molecule has 2 rings (SSSR count). The third kappa shape index (κ3) is 4.13. The Balaban J connectivity index is 2.32. The Morgan fingerprint density at radius 2 is 1.75 bits per heavy atom. The lowest BCUT2D eigenvalue weighted by atomic mass is 10.1. The van der Waals surface area contributed by atoms with E-state index in [0.29, 0.717) is 22.6 Å². The molecule has 0 aliphatic heterocycles. The van der Waals surface area contributed by atoms with Crippen LogP contribution >= 0.6 is 0 Å². The minimum atomic E-state index is -0.753. The summed E-state index contributed by atoms with van der Waals surface area (Å²) in [6, 6.07) is 13.6. The summed E-state index contributed by atoms with van der Waals surface area (Å²) in [6.45, 7) is 0. The molecule has 2 aromatic rings. The number of carbonyl (C=O) groups excluding carboxylic acids is 2. The van der Waals surface area contributed by atoms with Gasteiger partial charge in [0.25, 0.3) is 11.8 Å². The number of nitrogens with one attached hydrogen (secondary N) is 1. The Bertz CT molecular complexity index is 770. The molecule has 124 valence electrons. The second kappa shape index (κ2) is 7.82. The van der Waals surface area contributed by atoms with Gasteiger partial charge in [-0.05, 0) is 30.3 Å². The van der Waals surface area contributed by atoms with Crippen LogP contribution in [-0.4, -0.2) is 26.0 Å². The molecule has 6 heteroatoms. The van der Waals surface area contributed by atoms with Crippen molar-refractivity contribution >= 4 is 17.9 Å². The summed E-state index contributed by atoms with van der Waals surface area (Å²) in [5.41, 5.74) is 6.34. The van der Waals surface area contributed by atoms with E-state index in [2.05, 4.69) is 5.32 Å². The molecule has 0 bridgehead atoms. The maximum atomic E-state index is 12.2. The highest BCUT2D eigenvalue weighted by atomic mass is 16.5. The molecular weight excluding hydrogens is 308 g/mol. The lowest BCUT2D eigenvalue weighted by molar-refractivity contribution is -0.114. The topological polar surface area (TPSA) is 90.6 Å². The molecule has 0 saturated heterocycles. The molecule has 3 N–H and O–H groups in total. The van der Waals surface area contributed by atoms with E-state index >= 15 is 0 Å². The van der Waals surface area contributed by atoms with Crippen molar-refractivity contribution in [3.63, 3.8) is 0 Å². The zero-order valence-corrected chi connectivity index (χ0v) is 13.4. The number of primary amides is 1. The average molecular weight is 326 g/mol. The van der Waals surface area contributed by atoms with Gasteiger partial charge in [-0.2, -0.15) is 0 Å². The van der Waals surface area contributed by atoms with Crippen molar-refractivity contribution in [3.05, 3.63) is 65.4 Å². The SMILES string of the molecule is COc1ccc(/C=C(/NC(=O)c2ccccc2)C(N)=O)c(OC)c1. The number of carbonyl (C=O) groups is 2. The van der Waals surface area contributed by atoms with Gasteiger partial charge in [-0.25, -0.2) is 0 Å². The van der Waals surface area contributed by atoms with E-state index in [1.165, 1.54) is 13.2 Å². The Labute approximate surface area is 139 Å². The molecule has 0 fully saturated rings. The van der Waals surface area contributed by atoms with Crippen LogP contribution in [0.3, 0.4) is 0 Å². The number of amides is 2. The number of hydrogen-bond acceptors (Lipinski definition) is 4. The van der Waals surface area contributed by atoms with E-state index < -0.39 is 11.8 Å². The van der Waals surface area contributed by atoms with Crippen molar-refractivity contribution in [2.24, 2.45) is 5.73 Å². The molecule has 0 aliphatic rings. The summed E-state index contributed by atoms with van der Waals surface area (Å²) in [6.07, 6.45) is 1.46. The first-order chi connectivity index (χ1) is 11.5. The highest BCUT2D eigenvalue weighted by Crippen LogP contribution is 2.26. The second-order valence-electron chi connectivity index (χ2n) is 4.85. The maximum absolute atomic E-state index is 12.2. The standard InChI is InChI=1S/C18H18N2O4/c1-23-14-9-8-13(16(11-14)24-2)10-15(17(19)21)20-18(22)12-6-4-3-5-7-12/h3-11H,1-2H3,(H2,19,21)(H,20,22)/b15-10+. The van der Waals surface area contributed by atoms with Crippen LogP contribution in [0.15, 0.2) is 54.2 Å². The first-order valence-corrected chi connectivity index (χ1v) is 7.15. The summed E-state index contributed by atoms with van der Waals surface area (Å²) in [7, 11) is 3.04. The predicted octanol–water partition coefficient (Wildman–Crippen LogP) is 1.96. The largest absolute Gasteiger partial charge is 0.497 e. The van der Waals surface area contributed by atoms with E-state index in [0.717, 1.165) is 0 Å². The van der Waals surface area contributed by atoms with Gasteiger partial charge in [0.15, 0.2) is 0 Å². The van der Waals surface area contributed by atoms with E-state index in [9.17, 15) is 9.59 Å². The molecule has 2 amide bonds. The van der Waals surface area contributed by atoms with Gasteiger partial charge in [0.2, 0.25) is 0 Å². The molecule has 24 heavy (non-hydrogen) atoms. The number of hydrogen-bond donors (Lipinski definition) is 2. The van der Waals surface area contributed by atoms with Gasteiger partial charge in [-0.3, -0.25) is 9.59 Å². The first-order valence-electron chi connectivity index (χ1n) is 7.15. The van der Waals surface area contributed by atoms with Crippen LogP contribution in [0.25, 0.3) is 6.08 Å². The van der Waals surface area contributed by atoms with Gasteiger partial charge in [-0.15, -0.1) is 0 Å². The molecule has 0 unspecified atom stereocenters. The van der Waals surface area contributed by atoms with E-state index in [-0.39, 0.29) is 5.70 Å². The van der Waals surface area contributed by atoms with Crippen LogP contribution in [0.2, 0.25) is 0 Å². The highest BCUT2D eigenvalue weighted by Gasteiger charge is 2.13. The monoisotopic (exact) mass is 326 g/mol. The number of rotatable bonds is 6. The van der Waals surface area contributed by atoms with E-state index in [4.69, 9.17) is 15.2 Å². The highest BCUT2D eigenvalue weighted by molar-refractivity contribution is 6.04. The minimum Gasteiger partial charge on any atom is -0.497 e. The fraction of sp³-hybridized carbons (Fsp3) is 0.111. The smallest absolute Gasteiger partial charge is 0.265 e. The molecule has 0 aliphatic carbocycles. The molecule has 6 nitrogen and oxygen atoms in total. The zero-order valence-electron chi connectivity index (χ0n) is 13.4. The molecular formula is C18H18N2O4. The molecule has 0 spiro atoms. The second-order valence-corrected chi connectivity index (χ2v) is 4.85. The van der Waals surface area contributed by atoms with Gasteiger partial charge in [0.1, 0.15) is 17.2 Å². The van der Waals surface area contributed by atoms with E-state index in [1.54, 1.807) is 55.6 Å². The normalized spacial score (nSPS) is 10.8. The Morgan fingerprint density at radius 3 is 2.33 bits per heavy atom. The van der Waals surface area contributed by atoms with E-state index in [1.807, 2.05) is 0 Å². The van der Waals surface area contributed by atoms with Crippen molar-refractivity contribution in [3.8, 4) is 11.5 Å². The number of methoxy groups -OCH3 is 2. The summed E-state index contributed by atoms with van der Waals surface area (Å²) >= 11 is 0. The fourth-order valence-electron chi connectivity index (χ4n) is 2.05. The summed E-state index contributed by atoms with van der Waals surface area (Å²) in [4.78, 5) is 23.9. The van der Waals surface area contributed by atoms with Gasteiger partial charge in [0.05, 0.1) is 14.2 Å². The summed E-state index contributed by atoms with van der Waals surface area (Å²) < 4.78 is 10.4. The van der Waals surface area contributed by atoms with Crippen molar-refractivity contribution in [1.29, 1.82) is 0 Å². The van der Waals surface area contributed by atoms with Crippen LogP contribution in [0.1, 0.15) is 15.9 Å². The minimum absolute atomic E-state index is 0.0349. The molecule has 0 atom stereocenters. The first kappa shape index (κ1) is 17.1. The van der Waals surface area contributed by atoms with Crippen LogP contribution in [0, 0.1) is 0 Å². The molecule has 2 aromatic carbocycles. The number of nitrogens with two attached hydrogens (primary N) is 1. The van der Waals surface area contributed by atoms with Crippen molar-refractivity contribution in [2.75, 3.05) is 14.2 Å². The maximum Gasteiger partial charge on any atom is 0.265 e. The number of benzene rings is 2. The Hall–Kier alpha value is -3.28.